The Kier molecular flexibility index (Phi) is 8.80. The molecule has 0 bridgehead atoms. The van der Waals surface area contributed by atoms with Gasteiger partial charge in [-0.15, -0.1) is 0 Å². The molecule has 2 heterocycles. The van der Waals surface area contributed by atoms with Gasteiger partial charge in [-0.2, -0.15) is 30.6 Å². The summed E-state index contributed by atoms with van der Waals surface area (Å²) in [7, 11) is -4.88. The van der Waals surface area contributed by atoms with E-state index in [1.165, 1.54) is 0 Å². The number of rotatable bonds is 7. The number of anilines is 3. The van der Waals surface area contributed by atoms with Gasteiger partial charge in [0.1, 0.15) is 17.7 Å². The summed E-state index contributed by atoms with van der Waals surface area (Å²) in [5.41, 5.74) is -3.08. The van der Waals surface area contributed by atoms with Crippen LogP contribution in [0.5, 0.6) is 5.75 Å². The van der Waals surface area contributed by atoms with Crippen LogP contribution in [0.1, 0.15) is 17.5 Å². The van der Waals surface area contributed by atoms with Gasteiger partial charge in [-0.1, -0.05) is 6.07 Å². The number of nitrogens with zero attached hydrogens (tertiary/aromatic N) is 3. The van der Waals surface area contributed by atoms with Gasteiger partial charge in [0.25, 0.3) is 21.3 Å². The van der Waals surface area contributed by atoms with Gasteiger partial charge in [-0.3, -0.25) is 19.0 Å². The number of ether oxygens (including phenoxy) is 1. The van der Waals surface area contributed by atoms with Crippen molar-refractivity contribution in [1.82, 2.24) is 4.98 Å². The number of amides is 2. The number of carbonyl (C=O) groups is 2. The quantitative estimate of drug-likeness (QED) is 0.238. The van der Waals surface area contributed by atoms with Crippen molar-refractivity contribution in [3.63, 3.8) is 0 Å². The number of alkyl halides is 6. The molecule has 0 saturated heterocycles. The van der Waals surface area contributed by atoms with E-state index in [4.69, 9.17) is 9.84 Å². The van der Waals surface area contributed by atoms with Gasteiger partial charge in [-0.25, -0.2) is 22.4 Å². The van der Waals surface area contributed by atoms with Crippen molar-refractivity contribution < 1.29 is 63.0 Å². The molecule has 0 spiro atoms. The average molecular weight is 669 g/mol. The predicted octanol–water partition coefficient (Wildman–Crippen LogP) is 4.73. The van der Waals surface area contributed by atoms with E-state index in [2.05, 4.69) is 4.98 Å². The number of hydrogen-bond acceptors (Lipinski definition) is 7. The van der Waals surface area contributed by atoms with Crippen LogP contribution in [0.3, 0.4) is 0 Å². The first-order valence-electron chi connectivity index (χ1n) is 11.9. The van der Waals surface area contributed by atoms with E-state index in [0.717, 1.165) is 30.3 Å². The van der Waals surface area contributed by atoms with E-state index in [0.29, 0.717) is 34.8 Å². The van der Waals surface area contributed by atoms with E-state index in [1.807, 2.05) is 5.32 Å². The standard InChI is InChI=1S/C24H18F6N4O8S2/c25-23(26,27)13-2-1-3-17(8-13)44(40,41)33-12-16(42-19-5-4-15(10-18(19)33)32-22(36)37)11-21(35)34(43(38)39)20-9-14(6-7-31-20)24(28,29)30/h1-10,16,32H,11-12H2,(H,36,37)(H,38,39). The molecular weight excluding hydrogens is 650 g/mol. The Bertz CT molecular complexity index is 1740. The van der Waals surface area contributed by atoms with E-state index in [-0.39, 0.29) is 21.4 Å². The Morgan fingerprint density at radius 1 is 1.05 bits per heavy atom. The lowest BCUT2D eigenvalue weighted by Crippen LogP contribution is -2.46. The first-order valence-corrected chi connectivity index (χ1v) is 14.4. The summed E-state index contributed by atoms with van der Waals surface area (Å²) in [5, 5.41) is 11.0. The van der Waals surface area contributed by atoms with Gasteiger partial charge in [0, 0.05) is 11.9 Å². The Labute approximate surface area is 246 Å². The number of hydrogen-bond donors (Lipinski definition) is 3. The lowest BCUT2D eigenvalue weighted by molar-refractivity contribution is -0.138. The van der Waals surface area contributed by atoms with Crippen LogP contribution in [-0.2, 0) is 38.4 Å². The largest absolute Gasteiger partial charge is 0.486 e. The number of carboxylic acid groups (broad SMARTS) is 1. The molecule has 1 aromatic heterocycles. The highest BCUT2D eigenvalue weighted by Gasteiger charge is 2.39. The van der Waals surface area contributed by atoms with Crippen LogP contribution in [0, 0.1) is 0 Å². The summed E-state index contributed by atoms with van der Waals surface area (Å²) in [6.07, 6.45) is -13.1. The molecular formula is C24H18F6N4O8S2. The molecule has 44 heavy (non-hydrogen) atoms. The smallest absolute Gasteiger partial charge is 0.416 e. The van der Waals surface area contributed by atoms with Gasteiger partial charge in [0.15, 0.2) is 0 Å². The van der Waals surface area contributed by atoms with Gasteiger partial charge in [-0.05, 0) is 48.5 Å². The molecule has 1 aliphatic heterocycles. The number of carbonyl (C=O) groups excluding carboxylic acids is 1. The van der Waals surface area contributed by atoms with Crippen molar-refractivity contribution in [3.05, 3.63) is 71.9 Å². The maximum Gasteiger partial charge on any atom is 0.416 e. The first kappa shape index (κ1) is 32.5. The molecule has 2 amide bonds. The predicted molar refractivity (Wildman–Crippen MR) is 141 cm³/mol. The van der Waals surface area contributed by atoms with Crippen molar-refractivity contribution in [1.29, 1.82) is 0 Å². The summed E-state index contributed by atoms with van der Waals surface area (Å²) >= 11 is -3.25. The van der Waals surface area contributed by atoms with Crippen LogP contribution >= 0.6 is 0 Å². The highest BCUT2D eigenvalue weighted by Crippen LogP contribution is 2.41. The minimum Gasteiger partial charge on any atom is -0.486 e. The third kappa shape index (κ3) is 7.03. The summed E-state index contributed by atoms with van der Waals surface area (Å²) in [6, 6.07) is 6.85. The number of nitrogens with one attached hydrogen (secondary N) is 1. The average Bonchev–Trinajstić information content (AvgIpc) is 2.91. The van der Waals surface area contributed by atoms with E-state index < -0.39 is 86.6 Å². The number of halogens is 6. The van der Waals surface area contributed by atoms with Crippen molar-refractivity contribution in [3.8, 4) is 5.75 Å². The van der Waals surface area contributed by atoms with Gasteiger partial charge in [0.2, 0.25) is 5.91 Å². The Morgan fingerprint density at radius 2 is 1.70 bits per heavy atom. The van der Waals surface area contributed by atoms with E-state index in [9.17, 15) is 53.1 Å². The monoisotopic (exact) mass is 668 g/mol. The topological polar surface area (TPSA) is 166 Å². The van der Waals surface area contributed by atoms with Crippen molar-refractivity contribution in [2.24, 2.45) is 0 Å². The van der Waals surface area contributed by atoms with Gasteiger partial charge < -0.3 is 9.84 Å². The highest BCUT2D eigenvalue weighted by atomic mass is 32.2. The second-order valence-corrected chi connectivity index (χ2v) is 11.6. The number of fused-ring (bicyclic) bond motifs is 1. The van der Waals surface area contributed by atoms with E-state index >= 15 is 0 Å². The normalized spacial score (nSPS) is 16.0. The number of benzene rings is 2. The molecule has 4 rings (SSSR count). The molecule has 236 valence electrons. The van der Waals surface area contributed by atoms with Crippen LogP contribution < -0.4 is 18.7 Å². The second-order valence-electron chi connectivity index (χ2n) is 8.94. The Balaban J connectivity index is 1.73. The van der Waals surface area contributed by atoms with Crippen LogP contribution in [0.25, 0.3) is 0 Å². The molecule has 0 fully saturated rings. The molecule has 1 aliphatic rings. The SMILES string of the molecule is O=C(O)Nc1ccc2c(c1)N(S(=O)(=O)c1cccc(C(F)(F)F)c1)CC(CC(=O)N(c1cc(C(F)(F)F)ccn1)S(=O)O)O2. The summed E-state index contributed by atoms with van der Waals surface area (Å²) in [4.78, 5) is 26.9. The van der Waals surface area contributed by atoms with E-state index in [1.54, 1.807) is 0 Å². The number of pyridine rings is 1. The fourth-order valence-electron chi connectivity index (χ4n) is 4.09. The molecule has 2 aromatic carbocycles. The third-order valence-electron chi connectivity index (χ3n) is 5.96. The molecule has 20 heteroatoms. The van der Waals surface area contributed by atoms with Crippen molar-refractivity contribution in [2.75, 3.05) is 20.5 Å². The van der Waals surface area contributed by atoms with Crippen molar-refractivity contribution in [2.45, 2.75) is 29.8 Å². The summed E-state index contributed by atoms with van der Waals surface area (Å²) < 4.78 is 135. The molecule has 3 N–H and O–H groups in total. The highest BCUT2D eigenvalue weighted by molar-refractivity contribution is 7.92. The summed E-state index contributed by atoms with van der Waals surface area (Å²) in [6.45, 7) is -0.796. The maximum atomic E-state index is 13.7. The lowest BCUT2D eigenvalue weighted by Gasteiger charge is -2.36. The van der Waals surface area contributed by atoms with Crippen LogP contribution in [-0.4, -0.2) is 51.9 Å². The van der Waals surface area contributed by atoms with Gasteiger partial charge in [0.05, 0.1) is 34.7 Å². The second kappa shape index (κ2) is 11.9. The molecule has 2 atom stereocenters. The molecule has 12 nitrogen and oxygen atoms in total. The number of aromatic nitrogens is 1. The fourth-order valence-corrected chi connectivity index (χ4v) is 6.14. The molecule has 0 saturated carbocycles. The van der Waals surface area contributed by atoms with Crippen LogP contribution in [0.2, 0.25) is 0 Å². The van der Waals surface area contributed by atoms with Crippen LogP contribution in [0.15, 0.2) is 65.7 Å². The minimum absolute atomic E-state index is 0.0135. The lowest BCUT2D eigenvalue weighted by atomic mass is 10.1. The van der Waals surface area contributed by atoms with Crippen LogP contribution in [0.4, 0.5) is 48.3 Å². The molecule has 3 aromatic rings. The zero-order chi connectivity index (χ0) is 32.6. The fraction of sp³-hybridized carbons (Fsp3) is 0.208. The minimum atomic E-state index is -4.91. The summed E-state index contributed by atoms with van der Waals surface area (Å²) in [5.74, 6) is -2.47. The third-order valence-corrected chi connectivity index (χ3v) is 8.44. The van der Waals surface area contributed by atoms with Gasteiger partial charge >= 0.3 is 18.4 Å². The number of sulfonamides is 1. The Hall–Kier alpha value is -4.43. The van der Waals surface area contributed by atoms with Crippen molar-refractivity contribution >= 4 is 50.5 Å². The molecule has 2 unspecified atom stereocenters. The zero-order valence-electron chi connectivity index (χ0n) is 21.5. The zero-order valence-corrected chi connectivity index (χ0v) is 23.2. The maximum absolute atomic E-state index is 13.7. The first-order chi connectivity index (χ1) is 20.4. The Morgan fingerprint density at radius 3 is 2.32 bits per heavy atom. The molecule has 0 aliphatic carbocycles. The molecule has 0 radical (unpaired) electrons.